The fourth-order valence-electron chi connectivity index (χ4n) is 1.56. The van der Waals surface area contributed by atoms with Crippen LogP contribution < -0.4 is 17.4 Å². The summed E-state index contributed by atoms with van der Waals surface area (Å²) in [6.07, 6.45) is 7.11. The van der Waals surface area contributed by atoms with Crippen LogP contribution in [0.2, 0.25) is 0 Å². The average molecular weight is 258 g/mol. The van der Waals surface area contributed by atoms with E-state index in [1.54, 1.807) is 0 Å². The van der Waals surface area contributed by atoms with Gasteiger partial charge >= 0.3 is 0 Å². The summed E-state index contributed by atoms with van der Waals surface area (Å²) in [5, 5.41) is 0. The third-order valence-electron chi connectivity index (χ3n) is 2.45. The molecule has 0 atom stereocenters. The molecule has 2 rings (SSSR count). The molecule has 2 aromatic rings. The summed E-state index contributed by atoms with van der Waals surface area (Å²) in [5.74, 6) is 0. The first-order chi connectivity index (χ1) is 8.45. The van der Waals surface area contributed by atoms with Crippen LogP contribution in [0.15, 0.2) is 72.8 Å². The summed E-state index contributed by atoms with van der Waals surface area (Å²) in [5.41, 5.74) is 2.44. The summed E-state index contributed by atoms with van der Waals surface area (Å²) in [6, 6.07) is 20.6. The third kappa shape index (κ3) is 4.98. The number of hydrogen-bond acceptors (Lipinski definition) is 0. The molecular weight excluding hydrogens is 242 g/mol. The molecule has 2 aromatic carbocycles. The lowest BCUT2D eigenvalue weighted by Gasteiger charge is -1.92. The van der Waals surface area contributed by atoms with Gasteiger partial charge in [0.15, 0.2) is 6.21 Å². The summed E-state index contributed by atoms with van der Waals surface area (Å²) < 4.78 is 0. The monoisotopic (exact) mass is 257 g/mol. The second kappa shape index (κ2) is 8.26. The van der Waals surface area contributed by atoms with E-state index < -0.39 is 0 Å². The largest absolute Gasteiger partial charge is 1.00 e. The maximum atomic E-state index is 3.22. The summed E-state index contributed by atoms with van der Waals surface area (Å²) in [7, 11) is 0. The third-order valence-corrected chi connectivity index (χ3v) is 2.45. The van der Waals surface area contributed by atoms with Gasteiger partial charge in [0.1, 0.15) is 0 Å². The number of allylic oxidation sites excluding steroid dienone is 2. The molecule has 2 heteroatoms. The molecule has 0 aliphatic rings. The van der Waals surface area contributed by atoms with Crippen LogP contribution in [0.5, 0.6) is 0 Å². The molecule has 0 spiro atoms. The van der Waals surface area contributed by atoms with Gasteiger partial charge in [-0.1, -0.05) is 54.6 Å². The van der Waals surface area contributed by atoms with Crippen molar-refractivity contribution in [1.29, 1.82) is 0 Å². The van der Waals surface area contributed by atoms with Crippen molar-refractivity contribution in [2.24, 2.45) is 0 Å². The Morgan fingerprint density at radius 1 is 0.833 bits per heavy atom. The highest BCUT2D eigenvalue weighted by atomic mass is 35.5. The van der Waals surface area contributed by atoms with Gasteiger partial charge in [-0.15, -0.1) is 0 Å². The van der Waals surface area contributed by atoms with Crippen molar-refractivity contribution in [2.45, 2.75) is 6.42 Å². The Morgan fingerprint density at radius 2 is 1.44 bits per heavy atom. The Morgan fingerprint density at radius 3 is 2.11 bits per heavy atom. The first-order valence-electron chi connectivity index (χ1n) is 5.79. The van der Waals surface area contributed by atoms with E-state index >= 15 is 0 Å². The SMILES string of the molecule is C(/C=C/Cc1ccccc1)=[NH+]c1ccccc1.[Cl-]. The van der Waals surface area contributed by atoms with Gasteiger partial charge in [0.05, 0.1) is 0 Å². The van der Waals surface area contributed by atoms with Crippen molar-refractivity contribution in [3.63, 3.8) is 0 Å². The predicted molar refractivity (Wildman–Crippen MR) is 72.4 cm³/mol. The van der Waals surface area contributed by atoms with Gasteiger partial charge in [0.25, 0.3) is 0 Å². The topological polar surface area (TPSA) is 14.0 Å². The van der Waals surface area contributed by atoms with Gasteiger partial charge in [0, 0.05) is 12.1 Å². The van der Waals surface area contributed by atoms with E-state index in [0.717, 1.165) is 12.1 Å². The number of hydrogen-bond donors (Lipinski definition) is 1. The minimum atomic E-state index is 0. The molecule has 0 radical (unpaired) electrons. The number of benzene rings is 2. The molecular formula is C16H16ClN. The average Bonchev–Trinajstić information content (AvgIpc) is 2.41. The number of halogens is 1. The van der Waals surface area contributed by atoms with Crippen molar-refractivity contribution in [3.8, 4) is 0 Å². The van der Waals surface area contributed by atoms with Crippen LogP contribution in [0.1, 0.15) is 5.56 Å². The zero-order valence-electron chi connectivity index (χ0n) is 10.1. The molecule has 0 bridgehead atoms. The van der Waals surface area contributed by atoms with Crippen LogP contribution in [0.4, 0.5) is 5.69 Å². The molecule has 0 saturated carbocycles. The Balaban J connectivity index is 0.00000162. The Hall–Kier alpha value is -1.86. The zero-order valence-corrected chi connectivity index (χ0v) is 10.8. The molecule has 1 nitrogen and oxygen atoms in total. The van der Waals surface area contributed by atoms with Crippen LogP contribution in [-0.4, -0.2) is 6.21 Å². The minimum absolute atomic E-state index is 0. The van der Waals surface area contributed by atoms with E-state index in [0.29, 0.717) is 0 Å². The smallest absolute Gasteiger partial charge is 0.203 e. The van der Waals surface area contributed by atoms with E-state index in [-0.39, 0.29) is 12.4 Å². The maximum absolute atomic E-state index is 3.22. The molecule has 0 heterocycles. The second-order valence-electron chi connectivity index (χ2n) is 3.79. The molecule has 0 aromatic heterocycles. The van der Waals surface area contributed by atoms with Crippen molar-refractivity contribution in [2.75, 3.05) is 0 Å². The number of nitrogens with one attached hydrogen (secondary N) is 1. The van der Waals surface area contributed by atoms with E-state index in [1.807, 2.05) is 48.7 Å². The lowest BCUT2D eigenvalue weighted by molar-refractivity contribution is -0.346. The number of rotatable bonds is 4. The minimum Gasteiger partial charge on any atom is -1.00 e. The van der Waals surface area contributed by atoms with Crippen molar-refractivity contribution >= 4 is 11.9 Å². The van der Waals surface area contributed by atoms with Crippen LogP contribution in [-0.2, 0) is 6.42 Å². The molecule has 0 unspecified atom stereocenters. The molecule has 18 heavy (non-hydrogen) atoms. The quantitative estimate of drug-likeness (QED) is 0.695. The van der Waals surface area contributed by atoms with Gasteiger partial charge in [0.2, 0.25) is 5.69 Å². The van der Waals surface area contributed by atoms with Gasteiger partial charge in [-0.25, -0.2) is 4.99 Å². The van der Waals surface area contributed by atoms with Gasteiger partial charge in [-0.05, 0) is 18.1 Å². The van der Waals surface area contributed by atoms with Crippen molar-refractivity contribution < 1.29 is 17.4 Å². The molecule has 1 N–H and O–H groups in total. The molecule has 0 saturated heterocycles. The van der Waals surface area contributed by atoms with Crippen LogP contribution in [0.3, 0.4) is 0 Å². The van der Waals surface area contributed by atoms with Crippen LogP contribution >= 0.6 is 0 Å². The van der Waals surface area contributed by atoms with Crippen LogP contribution in [0.25, 0.3) is 0 Å². The van der Waals surface area contributed by atoms with Crippen molar-refractivity contribution in [1.82, 2.24) is 0 Å². The standard InChI is InChI=1S/C16H15N.ClH/c1-3-9-15(10-4-1)11-7-8-14-17-16-12-5-2-6-13-16;/h1-10,12-14H,11H2;1H/b8-7+,17-14?;. The van der Waals surface area contributed by atoms with E-state index in [2.05, 4.69) is 35.3 Å². The Kier molecular flexibility index (Phi) is 6.52. The van der Waals surface area contributed by atoms with Crippen LogP contribution in [0, 0.1) is 0 Å². The zero-order chi connectivity index (χ0) is 11.8. The number of para-hydroxylation sites is 1. The highest BCUT2D eigenvalue weighted by Gasteiger charge is 1.88. The van der Waals surface area contributed by atoms with Gasteiger partial charge in [-0.2, -0.15) is 0 Å². The molecule has 0 amide bonds. The molecule has 0 aliphatic carbocycles. The van der Waals surface area contributed by atoms with Gasteiger partial charge < -0.3 is 12.4 Å². The fraction of sp³-hybridized carbons (Fsp3) is 0.0625. The predicted octanol–water partition coefficient (Wildman–Crippen LogP) is -0.728. The summed E-state index contributed by atoms with van der Waals surface area (Å²) in [4.78, 5) is 3.22. The lowest BCUT2D eigenvalue weighted by atomic mass is 10.1. The summed E-state index contributed by atoms with van der Waals surface area (Å²) in [6.45, 7) is 0. The normalized spacial score (nSPS) is 10.7. The highest BCUT2D eigenvalue weighted by molar-refractivity contribution is 5.66. The Bertz CT molecular complexity index is 489. The van der Waals surface area contributed by atoms with Crippen molar-refractivity contribution in [3.05, 3.63) is 78.4 Å². The Labute approximate surface area is 114 Å². The fourth-order valence-corrected chi connectivity index (χ4v) is 1.56. The lowest BCUT2D eigenvalue weighted by Crippen LogP contribution is -3.00. The first-order valence-corrected chi connectivity index (χ1v) is 5.79. The highest BCUT2D eigenvalue weighted by Crippen LogP contribution is 1.99. The molecule has 0 aliphatic heterocycles. The molecule has 92 valence electrons. The maximum Gasteiger partial charge on any atom is 0.203 e. The van der Waals surface area contributed by atoms with E-state index in [1.165, 1.54) is 5.56 Å². The van der Waals surface area contributed by atoms with E-state index in [4.69, 9.17) is 0 Å². The second-order valence-corrected chi connectivity index (χ2v) is 3.79. The summed E-state index contributed by atoms with van der Waals surface area (Å²) >= 11 is 0. The molecule has 0 fully saturated rings. The van der Waals surface area contributed by atoms with Gasteiger partial charge in [-0.3, -0.25) is 0 Å². The first kappa shape index (κ1) is 14.2. The van der Waals surface area contributed by atoms with E-state index in [9.17, 15) is 0 Å².